The molecule has 2 aromatic carbocycles. The van der Waals surface area contributed by atoms with Crippen molar-refractivity contribution in [1.82, 2.24) is 20.0 Å². The van der Waals surface area contributed by atoms with E-state index in [1.807, 2.05) is 30.3 Å². The number of nitrogens with zero attached hydrogens (tertiary/aromatic N) is 3. The first-order chi connectivity index (χ1) is 11.7. The summed E-state index contributed by atoms with van der Waals surface area (Å²) in [4.78, 5) is 26.0. The van der Waals surface area contributed by atoms with Gasteiger partial charge in [0.1, 0.15) is 0 Å². The average Bonchev–Trinajstić information content (AvgIpc) is 3.21. The number of carbonyl (C=O) groups is 1. The SMILES string of the molecule is O=C(Nc1ccc2oc(=O)[nH]c2c1)c1cn(-c2ccccc2)nn1. The Morgan fingerprint density at radius 3 is 2.83 bits per heavy atom. The number of anilines is 1. The zero-order chi connectivity index (χ0) is 16.5. The normalized spacial score (nSPS) is 10.8. The molecule has 0 aliphatic carbocycles. The number of oxazole rings is 1. The molecule has 0 unspecified atom stereocenters. The molecule has 0 aliphatic rings. The molecule has 0 spiro atoms. The third kappa shape index (κ3) is 2.56. The maximum atomic E-state index is 12.3. The van der Waals surface area contributed by atoms with E-state index in [-0.39, 0.29) is 5.69 Å². The third-order valence-electron chi connectivity index (χ3n) is 3.42. The molecule has 4 aromatic rings. The minimum atomic E-state index is -0.542. The fourth-order valence-electron chi connectivity index (χ4n) is 2.30. The lowest BCUT2D eigenvalue weighted by atomic mass is 10.3. The lowest BCUT2D eigenvalue weighted by molar-refractivity contribution is 0.102. The average molecular weight is 321 g/mol. The van der Waals surface area contributed by atoms with Gasteiger partial charge in [0, 0.05) is 5.69 Å². The van der Waals surface area contributed by atoms with E-state index in [1.54, 1.807) is 24.4 Å². The number of para-hydroxylation sites is 1. The Labute approximate surface area is 134 Å². The Morgan fingerprint density at radius 1 is 1.17 bits per heavy atom. The van der Waals surface area contributed by atoms with Gasteiger partial charge in [0.15, 0.2) is 11.3 Å². The predicted octanol–water partition coefficient (Wildman–Crippen LogP) is 1.95. The van der Waals surface area contributed by atoms with Crippen molar-refractivity contribution in [3.05, 3.63) is 71.0 Å². The maximum Gasteiger partial charge on any atom is 0.417 e. The molecule has 1 amide bonds. The van der Waals surface area contributed by atoms with E-state index in [1.165, 1.54) is 4.68 Å². The molecule has 2 aromatic heterocycles. The molecule has 0 radical (unpaired) electrons. The highest BCUT2D eigenvalue weighted by molar-refractivity contribution is 6.03. The Bertz CT molecular complexity index is 1080. The number of rotatable bonds is 3. The number of hydrogen-bond donors (Lipinski definition) is 2. The number of amides is 1. The molecule has 2 heterocycles. The van der Waals surface area contributed by atoms with E-state index < -0.39 is 11.7 Å². The predicted molar refractivity (Wildman–Crippen MR) is 86.1 cm³/mol. The van der Waals surface area contributed by atoms with Gasteiger partial charge in [-0.2, -0.15) is 0 Å². The van der Waals surface area contributed by atoms with Crippen molar-refractivity contribution >= 4 is 22.7 Å². The molecule has 0 fully saturated rings. The Balaban J connectivity index is 1.57. The fourth-order valence-corrected chi connectivity index (χ4v) is 2.30. The van der Waals surface area contributed by atoms with Crippen LogP contribution in [0.3, 0.4) is 0 Å². The van der Waals surface area contributed by atoms with E-state index in [9.17, 15) is 9.59 Å². The summed E-state index contributed by atoms with van der Waals surface area (Å²) in [6.07, 6.45) is 1.54. The lowest BCUT2D eigenvalue weighted by Gasteiger charge is -2.02. The van der Waals surface area contributed by atoms with Crippen LogP contribution in [0.5, 0.6) is 0 Å². The van der Waals surface area contributed by atoms with Gasteiger partial charge in [-0.3, -0.25) is 9.78 Å². The van der Waals surface area contributed by atoms with Crippen LogP contribution in [0.25, 0.3) is 16.8 Å². The Morgan fingerprint density at radius 2 is 2.00 bits per heavy atom. The molecule has 0 saturated heterocycles. The number of benzene rings is 2. The summed E-state index contributed by atoms with van der Waals surface area (Å²) in [5.74, 6) is -0.943. The summed E-state index contributed by atoms with van der Waals surface area (Å²) < 4.78 is 6.43. The van der Waals surface area contributed by atoms with Crippen LogP contribution in [0.15, 0.2) is 63.9 Å². The van der Waals surface area contributed by atoms with Crippen LogP contribution in [0.2, 0.25) is 0 Å². The molecule has 2 N–H and O–H groups in total. The van der Waals surface area contributed by atoms with Crippen molar-refractivity contribution in [2.75, 3.05) is 5.32 Å². The van der Waals surface area contributed by atoms with Crippen LogP contribution >= 0.6 is 0 Å². The number of hydrogen-bond acceptors (Lipinski definition) is 5. The summed E-state index contributed by atoms with van der Waals surface area (Å²) in [5.41, 5.74) is 2.43. The van der Waals surface area contributed by atoms with E-state index in [0.717, 1.165) is 5.69 Å². The van der Waals surface area contributed by atoms with E-state index >= 15 is 0 Å². The van der Waals surface area contributed by atoms with Crippen LogP contribution in [-0.4, -0.2) is 25.9 Å². The summed E-state index contributed by atoms with van der Waals surface area (Å²) in [7, 11) is 0. The smallest absolute Gasteiger partial charge is 0.408 e. The van der Waals surface area contributed by atoms with Gasteiger partial charge in [0.25, 0.3) is 5.91 Å². The van der Waals surface area contributed by atoms with Gasteiger partial charge in [-0.15, -0.1) is 5.10 Å². The van der Waals surface area contributed by atoms with Gasteiger partial charge in [-0.1, -0.05) is 23.4 Å². The first-order valence-corrected chi connectivity index (χ1v) is 7.11. The maximum absolute atomic E-state index is 12.3. The second-order valence-electron chi connectivity index (χ2n) is 5.06. The van der Waals surface area contributed by atoms with Crippen molar-refractivity contribution in [3.63, 3.8) is 0 Å². The molecule has 0 aliphatic heterocycles. The van der Waals surface area contributed by atoms with Crippen LogP contribution < -0.4 is 11.1 Å². The Kier molecular flexibility index (Phi) is 3.20. The highest BCUT2D eigenvalue weighted by Crippen LogP contribution is 2.17. The van der Waals surface area contributed by atoms with E-state index in [4.69, 9.17) is 4.42 Å². The van der Waals surface area contributed by atoms with E-state index in [0.29, 0.717) is 16.8 Å². The van der Waals surface area contributed by atoms with Gasteiger partial charge in [0.05, 0.1) is 17.4 Å². The van der Waals surface area contributed by atoms with Crippen LogP contribution in [0.1, 0.15) is 10.5 Å². The van der Waals surface area contributed by atoms with Gasteiger partial charge in [-0.25, -0.2) is 9.48 Å². The van der Waals surface area contributed by atoms with Gasteiger partial charge in [-0.05, 0) is 30.3 Å². The molecule has 0 saturated carbocycles. The number of carbonyl (C=O) groups excluding carboxylic acids is 1. The van der Waals surface area contributed by atoms with Crippen molar-refractivity contribution in [1.29, 1.82) is 0 Å². The molecule has 8 nitrogen and oxygen atoms in total. The van der Waals surface area contributed by atoms with Gasteiger partial charge in [0.2, 0.25) is 0 Å². The largest absolute Gasteiger partial charge is 0.417 e. The highest BCUT2D eigenvalue weighted by Gasteiger charge is 2.12. The molecule has 118 valence electrons. The summed E-state index contributed by atoms with van der Waals surface area (Å²) >= 11 is 0. The second-order valence-corrected chi connectivity index (χ2v) is 5.06. The minimum absolute atomic E-state index is 0.180. The first-order valence-electron chi connectivity index (χ1n) is 7.11. The molecule has 0 bridgehead atoms. The Hall–Kier alpha value is -3.68. The molecule has 0 atom stereocenters. The molecular formula is C16H11N5O3. The van der Waals surface area contributed by atoms with Crippen LogP contribution in [0.4, 0.5) is 5.69 Å². The first kappa shape index (κ1) is 13.9. The van der Waals surface area contributed by atoms with Gasteiger partial charge < -0.3 is 9.73 Å². The van der Waals surface area contributed by atoms with Gasteiger partial charge >= 0.3 is 5.76 Å². The zero-order valence-electron chi connectivity index (χ0n) is 12.3. The second kappa shape index (κ2) is 5.51. The van der Waals surface area contributed by atoms with Crippen molar-refractivity contribution in [3.8, 4) is 5.69 Å². The monoisotopic (exact) mass is 321 g/mol. The standard InChI is InChI=1S/C16H11N5O3/c22-15(13-9-21(20-19-13)11-4-2-1-3-5-11)17-10-6-7-14-12(8-10)18-16(23)24-14/h1-9H,(H,17,22)(H,18,23). The van der Waals surface area contributed by atoms with Crippen LogP contribution in [0, 0.1) is 0 Å². The number of nitrogens with one attached hydrogen (secondary N) is 2. The number of aromatic amines is 1. The number of fused-ring (bicyclic) bond motifs is 1. The topological polar surface area (TPSA) is 106 Å². The molecular weight excluding hydrogens is 310 g/mol. The molecule has 8 heteroatoms. The molecule has 4 rings (SSSR count). The van der Waals surface area contributed by atoms with Crippen LogP contribution in [-0.2, 0) is 0 Å². The minimum Gasteiger partial charge on any atom is -0.408 e. The molecule has 24 heavy (non-hydrogen) atoms. The lowest BCUT2D eigenvalue weighted by Crippen LogP contribution is -2.12. The summed E-state index contributed by atoms with van der Waals surface area (Å²) in [5, 5.41) is 10.5. The number of H-pyrrole nitrogens is 1. The summed E-state index contributed by atoms with van der Waals surface area (Å²) in [6.45, 7) is 0. The van der Waals surface area contributed by atoms with Crippen molar-refractivity contribution in [2.45, 2.75) is 0 Å². The van der Waals surface area contributed by atoms with Crippen molar-refractivity contribution in [2.24, 2.45) is 0 Å². The zero-order valence-corrected chi connectivity index (χ0v) is 12.3. The summed E-state index contributed by atoms with van der Waals surface area (Å²) in [6, 6.07) is 14.2. The fraction of sp³-hybridized carbons (Fsp3) is 0. The quantitative estimate of drug-likeness (QED) is 0.600. The van der Waals surface area contributed by atoms with E-state index in [2.05, 4.69) is 20.6 Å². The van der Waals surface area contributed by atoms with Crippen molar-refractivity contribution < 1.29 is 9.21 Å². The number of aromatic nitrogens is 4. The third-order valence-corrected chi connectivity index (χ3v) is 3.42. The highest BCUT2D eigenvalue weighted by atomic mass is 16.4.